The lowest BCUT2D eigenvalue weighted by Crippen LogP contribution is -2.13. The van der Waals surface area contributed by atoms with Crippen molar-refractivity contribution in [1.82, 2.24) is 4.57 Å². The number of rotatable bonds is 3. The summed E-state index contributed by atoms with van der Waals surface area (Å²) in [5.41, 5.74) is 2.61. The van der Waals surface area contributed by atoms with Crippen LogP contribution < -0.4 is 0 Å². The first-order valence-corrected chi connectivity index (χ1v) is 8.52. The topological polar surface area (TPSA) is 57.5 Å². The highest BCUT2D eigenvalue weighted by molar-refractivity contribution is 6.19. The molecule has 0 unspecified atom stereocenters. The maximum atomic E-state index is 12.9. The van der Waals surface area contributed by atoms with Gasteiger partial charge in [-0.3, -0.25) is 0 Å². The third-order valence-corrected chi connectivity index (χ3v) is 4.49. The van der Waals surface area contributed by atoms with Crippen LogP contribution in [0.2, 0.25) is 0 Å². The minimum absolute atomic E-state index is 0.171. The zero-order valence-electron chi connectivity index (χ0n) is 14.7. The Kier molecular flexibility index (Phi) is 4.34. The molecule has 4 aromatic rings. The quantitative estimate of drug-likeness (QED) is 0.495. The normalized spacial score (nSPS) is 10.9. The molecule has 134 valence electrons. The number of ether oxygens (including phenoxy) is 2. The van der Waals surface area contributed by atoms with Crippen LogP contribution in [0.4, 0.5) is 4.79 Å². The minimum atomic E-state index is -0.493. The summed E-state index contributed by atoms with van der Waals surface area (Å²) in [5.74, 6) is -0.443. The Morgan fingerprint density at radius 2 is 1.56 bits per heavy atom. The van der Waals surface area contributed by atoms with Gasteiger partial charge in [-0.25, -0.2) is 14.2 Å². The van der Waals surface area contributed by atoms with Gasteiger partial charge in [0.15, 0.2) is 0 Å². The van der Waals surface area contributed by atoms with Gasteiger partial charge in [-0.15, -0.1) is 0 Å². The van der Waals surface area contributed by atoms with Crippen molar-refractivity contribution in [1.29, 1.82) is 0 Å². The van der Waals surface area contributed by atoms with E-state index in [2.05, 4.69) is 0 Å². The van der Waals surface area contributed by atoms with Crippen LogP contribution in [0.1, 0.15) is 15.9 Å². The van der Waals surface area contributed by atoms with Gasteiger partial charge in [0, 0.05) is 10.8 Å². The summed E-state index contributed by atoms with van der Waals surface area (Å²) in [4.78, 5) is 25.1. The second-order valence-electron chi connectivity index (χ2n) is 6.08. The number of benzene rings is 3. The van der Waals surface area contributed by atoms with E-state index in [1.807, 2.05) is 54.6 Å². The molecule has 0 atom stereocenters. The van der Waals surface area contributed by atoms with E-state index in [0.29, 0.717) is 22.0 Å². The van der Waals surface area contributed by atoms with Gasteiger partial charge in [-0.1, -0.05) is 54.6 Å². The van der Waals surface area contributed by atoms with Crippen molar-refractivity contribution in [2.45, 2.75) is 6.61 Å². The molecule has 5 heteroatoms. The number of fused-ring (bicyclic) bond motifs is 3. The van der Waals surface area contributed by atoms with Crippen LogP contribution in [0.25, 0.3) is 21.8 Å². The molecule has 0 spiro atoms. The second kappa shape index (κ2) is 6.96. The fraction of sp³-hybridized carbons (Fsp3) is 0.0909. The molecular weight excluding hydrogens is 342 g/mol. The predicted molar refractivity (Wildman–Crippen MR) is 103 cm³/mol. The summed E-state index contributed by atoms with van der Waals surface area (Å²) in [5, 5.41) is 1.47. The maximum absolute atomic E-state index is 12.9. The lowest BCUT2D eigenvalue weighted by Gasteiger charge is -2.08. The van der Waals surface area contributed by atoms with E-state index >= 15 is 0 Å². The zero-order chi connectivity index (χ0) is 18.8. The first-order chi connectivity index (χ1) is 13.2. The largest absolute Gasteiger partial charge is 0.465 e. The van der Waals surface area contributed by atoms with Crippen molar-refractivity contribution >= 4 is 33.9 Å². The van der Waals surface area contributed by atoms with E-state index in [0.717, 1.165) is 10.9 Å². The number of aromatic nitrogens is 1. The van der Waals surface area contributed by atoms with Gasteiger partial charge in [0.25, 0.3) is 0 Å². The number of nitrogens with zero attached hydrogens (tertiary/aromatic N) is 1. The first-order valence-electron chi connectivity index (χ1n) is 8.52. The average Bonchev–Trinajstić information content (AvgIpc) is 3.07. The molecule has 0 aliphatic heterocycles. The number of methoxy groups -OCH3 is 1. The third kappa shape index (κ3) is 2.93. The molecule has 0 fully saturated rings. The van der Waals surface area contributed by atoms with Gasteiger partial charge in [-0.2, -0.15) is 0 Å². The van der Waals surface area contributed by atoms with E-state index in [4.69, 9.17) is 9.47 Å². The van der Waals surface area contributed by atoms with Gasteiger partial charge in [-0.05, 0) is 23.8 Å². The Morgan fingerprint density at radius 1 is 0.852 bits per heavy atom. The maximum Gasteiger partial charge on any atom is 0.419 e. The molecule has 0 saturated heterocycles. The van der Waals surface area contributed by atoms with Crippen molar-refractivity contribution in [3.05, 3.63) is 83.9 Å². The second-order valence-corrected chi connectivity index (χ2v) is 6.08. The van der Waals surface area contributed by atoms with Crippen molar-refractivity contribution in [3.63, 3.8) is 0 Å². The fourth-order valence-electron chi connectivity index (χ4n) is 3.28. The number of hydrogen-bond donors (Lipinski definition) is 0. The number of para-hydroxylation sites is 1. The molecule has 4 rings (SSSR count). The number of hydrogen-bond acceptors (Lipinski definition) is 4. The lowest BCUT2D eigenvalue weighted by atomic mass is 10.1. The van der Waals surface area contributed by atoms with Gasteiger partial charge in [0.05, 0.1) is 23.7 Å². The Morgan fingerprint density at radius 3 is 2.33 bits per heavy atom. The molecule has 0 saturated carbocycles. The molecule has 5 nitrogen and oxygen atoms in total. The Bertz CT molecular complexity index is 1150. The molecule has 3 aromatic carbocycles. The Hall–Kier alpha value is -3.60. The van der Waals surface area contributed by atoms with Crippen molar-refractivity contribution in [3.8, 4) is 0 Å². The van der Waals surface area contributed by atoms with Gasteiger partial charge < -0.3 is 9.47 Å². The summed E-state index contributed by atoms with van der Waals surface area (Å²) in [6.07, 6.45) is -0.493. The highest BCUT2D eigenvalue weighted by Gasteiger charge is 2.21. The molecule has 0 aliphatic rings. The highest BCUT2D eigenvalue weighted by atomic mass is 16.5. The number of carbonyl (C=O) groups is 2. The molecule has 1 heterocycles. The van der Waals surface area contributed by atoms with Crippen LogP contribution in [-0.4, -0.2) is 23.7 Å². The molecule has 27 heavy (non-hydrogen) atoms. The average molecular weight is 359 g/mol. The number of esters is 1. The lowest BCUT2D eigenvalue weighted by molar-refractivity contribution is 0.0603. The molecule has 0 amide bonds. The van der Waals surface area contributed by atoms with Crippen LogP contribution in [0.5, 0.6) is 0 Å². The first kappa shape index (κ1) is 16.8. The van der Waals surface area contributed by atoms with Gasteiger partial charge >= 0.3 is 12.1 Å². The summed E-state index contributed by atoms with van der Waals surface area (Å²) < 4.78 is 11.9. The predicted octanol–water partition coefficient (Wildman–Crippen LogP) is 4.77. The van der Waals surface area contributed by atoms with Crippen LogP contribution in [-0.2, 0) is 16.1 Å². The van der Waals surface area contributed by atoms with Crippen molar-refractivity contribution < 1.29 is 19.1 Å². The monoisotopic (exact) mass is 359 g/mol. The molecule has 1 aromatic heterocycles. The number of carbonyl (C=O) groups excluding carboxylic acids is 2. The summed E-state index contributed by atoms with van der Waals surface area (Å²) in [6.45, 7) is 0.171. The van der Waals surface area contributed by atoms with Gasteiger partial charge in [0.2, 0.25) is 0 Å². The smallest absolute Gasteiger partial charge is 0.419 e. The van der Waals surface area contributed by atoms with Crippen molar-refractivity contribution in [2.24, 2.45) is 0 Å². The van der Waals surface area contributed by atoms with Crippen LogP contribution >= 0.6 is 0 Å². The fourth-order valence-corrected chi connectivity index (χ4v) is 3.28. The van der Waals surface area contributed by atoms with Crippen LogP contribution in [0.15, 0.2) is 72.8 Å². The third-order valence-electron chi connectivity index (χ3n) is 4.49. The molecule has 0 N–H and O–H groups in total. The Labute approximate surface area is 155 Å². The molecular formula is C22H17NO4. The Balaban J connectivity index is 1.84. The van der Waals surface area contributed by atoms with Crippen molar-refractivity contribution in [2.75, 3.05) is 7.11 Å². The van der Waals surface area contributed by atoms with Crippen LogP contribution in [0, 0.1) is 0 Å². The van der Waals surface area contributed by atoms with Crippen LogP contribution in [0.3, 0.4) is 0 Å². The summed E-state index contributed by atoms with van der Waals surface area (Å²) >= 11 is 0. The highest BCUT2D eigenvalue weighted by Crippen LogP contribution is 2.32. The summed E-state index contributed by atoms with van der Waals surface area (Å²) in [7, 11) is 1.34. The summed E-state index contributed by atoms with van der Waals surface area (Å²) in [6, 6.07) is 22.1. The van der Waals surface area contributed by atoms with E-state index in [1.54, 1.807) is 18.2 Å². The zero-order valence-corrected chi connectivity index (χ0v) is 14.7. The SMILES string of the molecule is COC(=O)c1cccc2c1c1ccccc1n2C(=O)OCc1ccccc1. The van der Waals surface area contributed by atoms with E-state index in [-0.39, 0.29) is 6.61 Å². The molecule has 0 radical (unpaired) electrons. The van der Waals surface area contributed by atoms with Gasteiger partial charge in [0.1, 0.15) is 6.61 Å². The standard InChI is InChI=1S/C22H17NO4/c1-26-21(24)17-11-7-13-19-20(17)16-10-5-6-12-18(16)23(19)22(25)27-14-15-8-3-2-4-9-15/h2-13H,14H2,1H3. The molecule has 0 bridgehead atoms. The van der Waals surface area contributed by atoms with E-state index in [1.165, 1.54) is 11.7 Å². The molecule has 0 aliphatic carbocycles. The minimum Gasteiger partial charge on any atom is -0.465 e. The van der Waals surface area contributed by atoms with E-state index < -0.39 is 12.1 Å². The van der Waals surface area contributed by atoms with E-state index in [9.17, 15) is 9.59 Å².